The number of hydrogen-bond donors (Lipinski definition) is 2. The quantitative estimate of drug-likeness (QED) is 0.359. The lowest BCUT2D eigenvalue weighted by Gasteiger charge is -2.33. The highest BCUT2D eigenvalue weighted by Gasteiger charge is 2.28. The Morgan fingerprint density at radius 3 is 2.38 bits per heavy atom. The van der Waals surface area contributed by atoms with E-state index in [0.717, 1.165) is 24.2 Å². The summed E-state index contributed by atoms with van der Waals surface area (Å²) in [5, 5.41) is 5.30. The van der Waals surface area contributed by atoms with Gasteiger partial charge >= 0.3 is 12.2 Å². The molecule has 1 aromatic carbocycles. The van der Waals surface area contributed by atoms with Crippen LogP contribution in [0.4, 0.5) is 9.59 Å². The smallest absolute Gasteiger partial charge is 0.410 e. The molecule has 218 valence electrons. The fourth-order valence-corrected chi connectivity index (χ4v) is 3.78. The molecule has 2 rings (SSSR count). The maximum Gasteiger partial charge on any atom is 0.410 e. The number of amides is 3. The van der Waals surface area contributed by atoms with Gasteiger partial charge in [0.25, 0.3) is 0 Å². The third-order valence-corrected chi connectivity index (χ3v) is 5.57. The number of carbonyl (C=O) groups excluding carboxylic acids is 3. The van der Waals surface area contributed by atoms with Gasteiger partial charge in [-0.1, -0.05) is 17.9 Å². The maximum atomic E-state index is 12.4. The lowest BCUT2D eigenvalue weighted by molar-refractivity contribution is -0.123. The van der Waals surface area contributed by atoms with Gasteiger partial charge in [0.15, 0.2) is 0 Å². The number of nitrogens with one attached hydrogen (secondary N) is 2. The molecule has 40 heavy (non-hydrogen) atoms. The van der Waals surface area contributed by atoms with Crippen molar-refractivity contribution in [3.63, 3.8) is 0 Å². The van der Waals surface area contributed by atoms with Crippen LogP contribution in [0.5, 0.6) is 5.75 Å². The minimum Gasteiger partial charge on any atom is -0.490 e. The zero-order valence-corrected chi connectivity index (χ0v) is 24.6. The maximum absolute atomic E-state index is 12.4. The molecule has 3 amide bonds. The van der Waals surface area contributed by atoms with Gasteiger partial charge < -0.3 is 29.7 Å². The van der Waals surface area contributed by atoms with Crippen LogP contribution >= 0.6 is 0 Å². The second-order valence-electron chi connectivity index (χ2n) is 11.6. The third-order valence-electron chi connectivity index (χ3n) is 5.57. The molecular weight excluding hydrogens is 510 g/mol. The molecule has 0 spiro atoms. The van der Waals surface area contributed by atoms with Crippen LogP contribution in [0.3, 0.4) is 0 Å². The minimum absolute atomic E-state index is 0.0219. The van der Waals surface area contributed by atoms with Gasteiger partial charge in [-0.3, -0.25) is 4.79 Å². The van der Waals surface area contributed by atoms with Gasteiger partial charge in [0.1, 0.15) is 29.1 Å². The predicted octanol–water partition coefficient (Wildman–Crippen LogP) is 4.63. The van der Waals surface area contributed by atoms with Crippen LogP contribution in [0.25, 0.3) is 0 Å². The van der Waals surface area contributed by atoms with Crippen LogP contribution in [0.1, 0.15) is 79.2 Å². The fourth-order valence-electron chi connectivity index (χ4n) is 3.78. The molecule has 0 bridgehead atoms. The number of rotatable bonds is 8. The van der Waals surface area contributed by atoms with Gasteiger partial charge in [-0.05, 0) is 66.2 Å². The van der Waals surface area contributed by atoms with E-state index < -0.39 is 23.3 Å². The highest BCUT2D eigenvalue weighted by atomic mass is 16.6. The number of benzene rings is 1. The molecule has 1 saturated heterocycles. The summed E-state index contributed by atoms with van der Waals surface area (Å²) in [6.45, 7) is 12.4. The molecule has 1 atom stereocenters. The molecule has 1 aliphatic heterocycles. The van der Waals surface area contributed by atoms with E-state index in [0.29, 0.717) is 32.5 Å². The number of alkyl carbamates (subject to hydrolysis) is 1. The van der Waals surface area contributed by atoms with Crippen LogP contribution in [-0.2, 0) is 14.3 Å². The largest absolute Gasteiger partial charge is 0.490 e. The lowest BCUT2D eigenvalue weighted by Crippen LogP contribution is -2.48. The van der Waals surface area contributed by atoms with Crippen molar-refractivity contribution >= 4 is 18.1 Å². The van der Waals surface area contributed by atoms with E-state index in [1.54, 1.807) is 25.7 Å². The molecule has 0 saturated carbocycles. The summed E-state index contributed by atoms with van der Waals surface area (Å²) >= 11 is 0. The first-order chi connectivity index (χ1) is 18.8. The Bertz CT molecular complexity index is 1110. The number of hydrogen-bond acceptors (Lipinski definition) is 6. The molecule has 9 nitrogen and oxygen atoms in total. The van der Waals surface area contributed by atoms with Gasteiger partial charge in [0.2, 0.25) is 5.91 Å². The molecule has 9 heteroatoms. The molecular formula is C31H43N3O6. The van der Waals surface area contributed by atoms with Gasteiger partial charge in [0, 0.05) is 50.9 Å². The van der Waals surface area contributed by atoms with E-state index in [-0.39, 0.29) is 24.5 Å². The fraction of sp³-hybridized carbons (Fsp3) is 0.581. The summed E-state index contributed by atoms with van der Waals surface area (Å²) in [4.78, 5) is 38.4. The summed E-state index contributed by atoms with van der Waals surface area (Å²) in [5.74, 6) is 9.04. The van der Waals surface area contributed by atoms with E-state index in [4.69, 9.17) is 20.6 Å². The zero-order chi connectivity index (χ0) is 29.8. The normalized spacial score (nSPS) is 14.6. The van der Waals surface area contributed by atoms with Gasteiger partial charge in [-0.15, -0.1) is 12.3 Å². The summed E-state index contributed by atoms with van der Waals surface area (Å²) in [6.07, 6.45) is 7.14. The molecule has 0 aliphatic carbocycles. The number of terminal acetylenes is 1. The molecule has 1 fully saturated rings. The van der Waals surface area contributed by atoms with Crippen molar-refractivity contribution < 1.29 is 28.6 Å². The van der Waals surface area contributed by atoms with Crippen molar-refractivity contribution in [3.8, 4) is 29.9 Å². The topological polar surface area (TPSA) is 106 Å². The molecule has 2 N–H and O–H groups in total. The Hall–Kier alpha value is -3.85. The Labute approximate surface area is 238 Å². The third kappa shape index (κ3) is 12.8. The van der Waals surface area contributed by atoms with Crippen molar-refractivity contribution in [1.82, 2.24) is 15.5 Å². The number of likely N-dealkylation sites (tertiary alicyclic amines) is 1. The van der Waals surface area contributed by atoms with Crippen molar-refractivity contribution in [2.24, 2.45) is 0 Å². The van der Waals surface area contributed by atoms with E-state index in [9.17, 15) is 14.4 Å². The van der Waals surface area contributed by atoms with E-state index in [1.807, 2.05) is 45.0 Å². The number of nitrogens with zero attached hydrogens (tertiary/aromatic N) is 1. The van der Waals surface area contributed by atoms with Crippen LogP contribution in [-0.4, -0.2) is 66.0 Å². The first kappa shape index (κ1) is 32.4. The molecule has 1 heterocycles. The minimum atomic E-state index is -0.863. The first-order valence-corrected chi connectivity index (χ1v) is 13.7. The molecule has 1 aromatic rings. The first-order valence-electron chi connectivity index (χ1n) is 13.7. The standard InChI is InChI=1S/C31H43N3O6/c1-8-13-26(33-28(36)39-30(2,3)4)27(35)32-19-11-9-10-14-23-15-12-16-25(22-23)38-24-17-20-34(21-18-24)29(37)40-31(5,6)7/h1,12,15-16,22,24,26H,9,11,13,17-21H2,2-7H3,(H,32,35)(H,33,36)/t26-/m0/s1. The van der Waals surface area contributed by atoms with E-state index >= 15 is 0 Å². The molecule has 0 unspecified atom stereocenters. The van der Waals surface area contributed by atoms with Crippen molar-refractivity contribution in [1.29, 1.82) is 0 Å². The molecule has 0 radical (unpaired) electrons. The number of piperidine rings is 1. The summed E-state index contributed by atoms with van der Waals surface area (Å²) in [7, 11) is 0. The SMILES string of the molecule is C#CC[C@H](NC(=O)OC(C)(C)C)C(=O)NCCCC#Cc1cccc(OC2CCN(C(=O)OC(C)(C)C)CC2)c1. The molecule has 0 aromatic heterocycles. The number of ether oxygens (including phenoxy) is 3. The second-order valence-corrected chi connectivity index (χ2v) is 11.6. The van der Waals surface area contributed by atoms with Crippen LogP contribution in [0.2, 0.25) is 0 Å². The van der Waals surface area contributed by atoms with Crippen LogP contribution in [0.15, 0.2) is 24.3 Å². The van der Waals surface area contributed by atoms with Crippen molar-refractivity contribution in [2.45, 2.75) is 97.0 Å². The highest BCUT2D eigenvalue weighted by molar-refractivity contribution is 5.85. The number of unbranched alkanes of at least 4 members (excludes halogenated alkanes) is 1. The Morgan fingerprint density at radius 1 is 1.07 bits per heavy atom. The average molecular weight is 554 g/mol. The Morgan fingerprint density at radius 2 is 1.75 bits per heavy atom. The monoisotopic (exact) mass is 553 g/mol. The average Bonchev–Trinajstić information content (AvgIpc) is 2.84. The lowest BCUT2D eigenvalue weighted by atomic mass is 10.1. The second kappa shape index (κ2) is 15.1. The van der Waals surface area contributed by atoms with Crippen molar-refractivity contribution in [3.05, 3.63) is 29.8 Å². The van der Waals surface area contributed by atoms with Crippen LogP contribution < -0.4 is 15.4 Å². The Balaban J connectivity index is 1.75. The summed E-state index contributed by atoms with van der Waals surface area (Å²) < 4.78 is 16.8. The zero-order valence-electron chi connectivity index (χ0n) is 24.6. The van der Waals surface area contributed by atoms with Crippen molar-refractivity contribution in [2.75, 3.05) is 19.6 Å². The molecule has 1 aliphatic rings. The predicted molar refractivity (Wildman–Crippen MR) is 154 cm³/mol. The Kier molecular flexibility index (Phi) is 12.2. The van der Waals surface area contributed by atoms with Gasteiger partial charge in [-0.25, -0.2) is 9.59 Å². The van der Waals surface area contributed by atoms with E-state index in [1.165, 1.54) is 0 Å². The van der Waals surface area contributed by atoms with E-state index in [2.05, 4.69) is 28.4 Å². The van der Waals surface area contributed by atoms with Gasteiger partial charge in [-0.2, -0.15) is 0 Å². The number of carbonyl (C=O) groups is 3. The summed E-state index contributed by atoms with van der Waals surface area (Å²) in [6, 6.07) is 6.76. The van der Waals surface area contributed by atoms with Gasteiger partial charge in [0.05, 0.1) is 0 Å². The summed E-state index contributed by atoms with van der Waals surface area (Å²) in [5.41, 5.74) is -0.346. The van der Waals surface area contributed by atoms with Crippen LogP contribution in [0, 0.1) is 24.2 Å². The highest BCUT2D eigenvalue weighted by Crippen LogP contribution is 2.21.